The number of benzene rings is 1. The fraction of sp³-hybridized carbons (Fsp3) is 0.250. The quantitative estimate of drug-likeness (QED) is 0.737. The standard InChI is InChI=1S/C12H10FN3O3/c13-7-2-1-6-4-16(11(18)8(6)3-7)5-9-10(17)15-12(19)14-9/h1-3,9H,4-5H2,(H2,14,15,17,19)/t9-/m0/s1. The van der Waals surface area contributed by atoms with E-state index in [2.05, 4.69) is 10.6 Å². The number of amides is 4. The molecule has 0 radical (unpaired) electrons. The Bertz CT molecular complexity index is 602. The number of rotatable bonds is 2. The predicted molar refractivity (Wildman–Crippen MR) is 61.6 cm³/mol. The second-order valence-corrected chi connectivity index (χ2v) is 4.50. The number of urea groups is 1. The van der Waals surface area contributed by atoms with Crippen LogP contribution in [-0.4, -0.2) is 35.3 Å². The van der Waals surface area contributed by atoms with Crippen LogP contribution < -0.4 is 10.6 Å². The van der Waals surface area contributed by atoms with E-state index in [1.807, 2.05) is 0 Å². The summed E-state index contributed by atoms with van der Waals surface area (Å²) in [5.74, 6) is -1.26. The molecule has 2 heterocycles. The number of hydrogen-bond acceptors (Lipinski definition) is 3. The summed E-state index contributed by atoms with van der Waals surface area (Å²) < 4.78 is 13.1. The van der Waals surface area contributed by atoms with Crippen LogP contribution in [0.5, 0.6) is 0 Å². The van der Waals surface area contributed by atoms with Crippen molar-refractivity contribution in [3.8, 4) is 0 Å². The number of carbonyl (C=O) groups is 3. The third-order valence-corrected chi connectivity index (χ3v) is 3.21. The number of imide groups is 1. The molecule has 2 N–H and O–H groups in total. The minimum absolute atomic E-state index is 0.0761. The zero-order valence-electron chi connectivity index (χ0n) is 9.77. The van der Waals surface area contributed by atoms with E-state index in [1.54, 1.807) is 6.07 Å². The lowest BCUT2D eigenvalue weighted by molar-refractivity contribution is -0.120. The van der Waals surface area contributed by atoms with Crippen LogP contribution in [0.15, 0.2) is 18.2 Å². The van der Waals surface area contributed by atoms with Crippen molar-refractivity contribution in [1.29, 1.82) is 0 Å². The number of hydrogen-bond donors (Lipinski definition) is 2. The van der Waals surface area contributed by atoms with Gasteiger partial charge < -0.3 is 10.2 Å². The SMILES string of the molecule is O=C1NC(=O)[C@H](CN2Cc3ccc(F)cc3C2=O)N1. The molecule has 0 aliphatic carbocycles. The van der Waals surface area contributed by atoms with E-state index >= 15 is 0 Å². The zero-order valence-corrected chi connectivity index (χ0v) is 9.77. The summed E-state index contributed by atoms with van der Waals surface area (Å²) in [7, 11) is 0. The third kappa shape index (κ3) is 1.92. The first kappa shape index (κ1) is 11.6. The van der Waals surface area contributed by atoms with E-state index < -0.39 is 23.8 Å². The van der Waals surface area contributed by atoms with Crippen molar-refractivity contribution in [3.63, 3.8) is 0 Å². The van der Waals surface area contributed by atoms with Gasteiger partial charge in [-0.2, -0.15) is 0 Å². The molecule has 4 amide bonds. The molecule has 98 valence electrons. The molecule has 6 nitrogen and oxygen atoms in total. The van der Waals surface area contributed by atoms with Crippen LogP contribution in [0.4, 0.5) is 9.18 Å². The van der Waals surface area contributed by atoms with Gasteiger partial charge in [-0.05, 0) is 17.7 Å². The molecule has 19 heavy (non-hydrogen) atoms. The van der Waals surface area contributed by atoms with Crippen molar-refractivity contribution < 1.29 is 18.8 Å². The number of halogens is 1. The summed E-state index contributed by atoms with van der Waals surface area (Å²) in [6.45, 7) is 0.390. The summed E-state index contributed by atoms with van der Waals surface area (Å²) >= 11 is 0. The Balaban J connectivity index is 1.77. The first-order valence-electron chi connectivity index (χ1n) is 5.73. The van der Waals surface area contributed by atoms with E-state index in [1.165, 1.54) is 17.0 Å². The average Bonchev–Trinajstić information content (AvgIpc) is 2.82. The Morgan fingerprint density at radius 3 is 2.79 bits per heavy atom. The summed E-state index contributed by atoms with van der Waals surface area (Å²) in [6.07, 6.45) is 0. The maximum Gasteiger partial charge on any atom is 0.322 e. The van der Waals surface area contributed by atoms with Gasteiger partial charge in [-0.3, -0.25) is 14.9 Å². The number of nitrogens with one attached hydrogen (secondary N) is 2. The van der Waals surface area contributed by atoms with Gasteiger partial charge in [-0.1, -0.05) is 6.07 Å². The van der Waals surface area contributed by atoms with E-state index in [9.17, 15) is 18.8 Å². The van der Waals surface area contributed by atoms with Crippen molar-refractivity contribution >= 4 is 17.8 Å². The van der Waals surface area contributed by atoms with Gasteiger partial charge in [0.15, 0.2) is 0 Å². The third-order valence-electron chi connectivity index (χ3n) is 3.21. The summed E-state index contributed by atoms with van der Waals surface area (Å²) in [5, 5.41) is 4.52. The average molecular weight is 263 g/mol. The minimum atomic E-state index is -0.754. The maximum absolute atomic E-state index is 13.1. The topological polar surface area (TPSA) is 78.5 Å². The van der Waals surface area contributed by atoms with Crippen LogP contribution in [-0.2, 0) is 11.3 Å². The van der Waals surface area contributed by atoms with Crippen LogP contribution in [0.25, 0.3) is 0 Å². The Labute approximate surface area is 107 Å². The maximum atomic E-state index is 13.1. The fourth-order valence-electron chi connectivity index (χ4n) is 2.29. The van der Waals surface area contributed by atoms with Crippen molar-refractivity contribution in [1.82, 2.24) is 15.5 Å². The van der Waals surface area contributed by atoms with Crippen molar-refractivity contribution in [2.75, 3.05) is 6.54 Å². The first-order valence-corrected chi connectivity index (χ1v) is 5.73. The number of nitrogens with zero attached hydrogens (tertiary/aromatic N) is 1. The van der Waals surface area contributed by atoms with Crippen LogP contribution in [0.1, 0.15) is 15.9 Å². The molecule has 2 aliphatic rings. The molecule has 0 aromatic heterocycles. The molecule has 1 fully saturated rings. The smallest absolute Gasteiger partial charge is 0.322 e. The molecule has 0 saturated carbocycles. The van der Waals surface area contributed by atoms with E-state index in [-0.39, 0.29) is 12.5 Å². The molecular weight excluding hydrogens is 253 g/mol. The van der Waals surface area contributed by atoms with Crippen LogP contribution in [0.2, 0.25) is 0 Å². The molecule has 3 rings (SSSR count). The summed E-state index contributed by atoms with van der Waals surface area (Å²) in [6, 6.07) is 2.71. The van der Waals surface area contributed by atoms with Crippen molar-refractivity contribution in [2.45, 2.75) is 12.6 Å². The molecule has 0 spiro atoms. The van der Waals surface area contributed by atoms with Gasteiger partial charge in [0.1, 0.15) is 11.9 Å². The Hall–Kier alpha value is -2.44. The van der Waals surface area contributed by atoms with Gasteiger partial charge in [0.25, 0.3) is 11.8 Å². The highest BCUT2D eigenvalue weighted by molar-refractivity contribution is 6.05. The number of fused-ring (bicyclic) bond motifs is 1. The van der Waals surface area contributed by atoms with Crippen LogP contribution >= 0.6 is 0 Å². The van der Waals surface area contributed by atoms with E-state index in [0.717, 1.165) is 5.56 Å². The van der Waals surface area contributed by atoms with Gasteiger partial charge in [0.2, 0.25) is 0 Å². The second-order valence-electron chi connectivity index (χ2n) is 4.50. The van der Waals surface area contributed by atoms with Crippen LogP contribution in [0, 0.1) is 5.82 Å². The highest BCUT2D eigenvalue weighted by Crippen LogP contribution is 2.23. The lowest BCUT2D eigenvalue weighted by Gasteiger charge is -2.18. The monoisotopic (exact) mass is 263 g/mol. The molecule has 7 heteroatoms. The summed E-state index contributed by atoms with van der Waals surface area (Å²) in [4.78, 5) is 35.9. The Morgan fingerprint density at radius 2 is 2.11 bits per heavy atom. The molecule has 1 atom stereocenters. The highest BCUT2D eigenvalue weighted by Gasteiger charge is 2.35. The first-order chi connectivity index (χ1) is 9.04. The van der Waals surface area contributed by atoms with Crippen LogP contribution in [0.3, 0.4) is 0 Å². The van der Waals surface area contributed by atoms with Crippen molar-refractivity contribution in [3.05, 3.63) is 35.1 Å². The minimum Gasteiger partial charge on any atom is -0.332 e. The van der Waals surface area contributed by atoms with E-state index in [4.69, 9.17) is 0 Å². The largest absolute Gasteiger partial charge is 0.332 e. The Kier molecular flexibility index (Phi) is 2.48. The molecule has 0 unspecified atom stereocenters. The zero-order chi connectivity index (χ0) is 13.6. The molecule has 2 aliphatic heterocycles. The lowest BCUT2D eigenvalue weighted by atomic mass is 10.1. The highest BCUT2D eigenvalue weighted by atomic mass is 19.1. The van der Waals surface area contributed by atoms with Gasteiger partial charge in [0.05, 0.1) is 6.54 Å². The number of carbonyl (C=O) groups excluding carboxylic acids is 3. The second kappa shape index (κ2) is 4.04. The van der Waals surface area contributed by atoms with Gasteiger partial charge >= 0.3 is 6.03 Å². The molecular formula is C12H10FN3O3. The molecule has 1 saturated heterocycles. The Morgan fingerprint density at radius 1 is 1.32 bits per heavy atom. The van der Waals surface area contributed by atoms with Gasteiger partial charge in [0, 0.05) is 12.1 Å². The van der Waals surface area contributed by atoms with Gasteiger partial charge in [-0.15, -0.1) is 0 Å². The molecule has 1 aromatic carbocycles. The molecule has 0 bridgehead atoms. The normalized spacial score (nSPS) is 21.4. The van der Waals surface area contributed by atoms with Gasteiger partial charge in [-0.25, -0.2) is 9.18 Å². The molecule has 1 aromatic rings. The predicted octanol–water partition coefficient (Wildman–Crippen LogP) is -0.0105. The van der Waals surface area contributed by atoms with E-state index in [0.29, 0.717) is 12.1 Å². The summed E-state index contributed by atoms with van der Waals surface area (Å²) in [5.41, 5.74) is 1.03. The lowest BCUT2D eigenvalue weighted by Crippen LogP contribution is -2.42. The fourth-order valence-corrected chi connectivity index (χ4v) is 2.29. The van der Waals surface area contributed by atoms with Crippen molar-refractivity contribution in [2.24, 2.45) is 0 Å².